The van der Waals surface area contributed by atoms with Crippen LogP contribution >= 0.6 is 7.92 Å². The molecule has 0 spiro atoms. The molecular weight excluding hydrogens is 539 g/mol. The molecule has 1 saturated heterocycles. The summed E-state index contributed by atoms with van der Waals surface area (Å²) in [6.45, 7) is 15.2. The summed E-state index contributed by atoms with van der Waals surface area (Å²) in [5.41, 5.74) is 5.15. The Morgan fingerprint density at radius 1 is 0.698 bits per heavy atom. The van der Waals surface area contributed by atoms with Gasteiger partial charge in [0.25, 0.3) is 0 Å². The van der Waals surface area contributed by atoms with Crippen LogP contribution in [0.3, 0.4) is 0 Å². The largest absolute Gasteiger partial charge is 0.298 e. The van der Waals surface area contributed by atoms with Gasteiger partial charge in [-0.05, 0) is 54.6 Å². The van der Waals surface area contributed by atoms with Gasteiger partial charge in [-0.25, -0.2) is 4.85 Å². The van der Waals surface area contributed by atoms with Gasteiger partial charge in [-0.1, -0.05) is 158 Å². The number of hydrogen-bond acceptors (Lipinski definition) is 1. The van der Waals surface area contributed by atoms with Gasteiger partial charge in [-0.15, -0.1) is 0 Å². The predicted molar refractivity (Wildman–Crippen MR) is 183 cm³/mol. The molecule has 3 heteroatoms. The van der Waals surface area contributed by atoms with Crippen molar-refractivity contribution in [2.24, 2.45) is 11.8 Å². The molecule has 1 unspecified atom stereocenters. The number of hydrogen-bond donors (Lipinski definition) is 0. The molecule has 3 atom stereocenters. The number of fused-ring (bicyclic) bond motifs is 1. The fourth-order valence-electron chi connectivity index (χ4n) is 7.22. The van der Waals surface area contributed by atoms with Crippen molar-refractivity contribution in [3.8, 4) is 0 Å². The van der Waals surface area contributed by atoms with E-state index in [4.69, 9.17) is 6.57 Å². The van der Waals surface area contributed by atoms with Crippen molar-refractivity contribution in [1.82, 2.24) is 4.90 Å². The third-order valence-corrected chi connectivity index (χ3v) is 11.7. The van der Waals surface area contributed by atoms with Crippen LogP contribution in [0, 0.1) is 25.3 Å². The molecule has 1 heterocycles. The second-order valence-corrected chi connectivity index (χ2v) is 14.0. The van der Waals surface area contributed by atoms with E-state index in [1.807, 2.05) is 6.07 Å². The van der Waals surface area contributed by atoms with Crippen LogP contribution in [0.5, 0.6) is 0 Å². The molecule has 7 rings (SSSR count). The molecule has 2 aliphatic rings. The summed E-state index contributed by atoms with van der Waals surface area (Å²) in [6, 6.07) is 49.6. The second-order valence-electron chi connectivity index (χ2n) is 11.8. The topological polar surface area (TPSA) is 7.60 Å². The van der Waals surface area contributed by atoms with Gasteiger partial charge in [0.1, 0.15) is 0 Å². The Kier molecular flexibility index (Phi) is 8.85. The molecule has 0 radical (unpaired) electrons. The molecule has 43 heavy (non-hydrogen) atoms. The Morgan fingerprint density at radius 2 is 1.16 bits per heavy atom. The van der Waals surface area contributed by atoms with E-state index in [0.717, 1.165) is 24.1 Å². The van der Waals surface area contributed by atoms with E-state index in [2.05, 4.69) is 157 Å². The molecule has 1 saturated carbocycles. The van der Waals surface area contributed by atoms with Crippen LogP contribution < -0.4 is 15.9 Å². The van der Waals surface area contributed by atoms with Crippen molar-refractivity contribution in [3.05, 3.63) is 168 Å². The third-order valence-electron chi connectivity index (χ3n) is 9.22. The molecule has 5 aromatic carbocycles. The summed E-state index contributed by atoms with van der Waals surface area (Å²) in [5.74, 6) is 1.51. The molecule has 2 nitrogen and oxygen atoms in total. The number of aryl methyl sites for hydroxylation is 1. The van der Waals surface area contributed by atoms with Crippen molar-refractivity contribution in [1.29, 1.82) is 0 Å². The summed E-state index contributed by atoms with van der Waals surface area (Å²) >= 11 is 0. The number of rotatable bonds is 7. The Hall–Kier alpha value is -4.02. The first-order valence-electron chi connectivity index (χ1n) is 15.3. The van der Waals surface area contributed by atoms with Gasteiger partial charge in [0.2, 0.25) is 0 Å². The lowest BCUT2D eigenvalue weighted by Gasteiger charge is -2.27. The maximum atomic E-state index is 7.35. The van der Waals surface area contributed by atoms with E-state index in [0.29, 0.717) is 5.41 Å². The Labute approximate surface area is 258 Å². The van der Waals surface area contributed by atoms with Gasteiger partial charge in [0, 0.05) is 25.0 Å². The van der Waals surface area contributed by atoms with E-state index in [9.17, 15) is 0 Å². The normalized spacial score (nSPS) is 20.5. The van der Waals surface area contributed by atoms with E-state index in [-0.39, 0.29) is 0 Å². The number of benzene rings is 5. The van der Waals surface area contributed by atoms with E-state index < -0.39 is 7.92 Å². The minimum absolute atomic E-state index is 0.318. The maximum Gasteiger partial charge on any atom is 0.187 e. The summed E-state index contributed by atoms with van der Waals surface area (Å²) in [4.78, 5) is 6.27. The predicted octanol–water partition coefficient (Wildman–Crippen LogP) is 8.40. The van der Waals surface area contributed by atoms with Crippen LogP contribution in [0.1, 0.15) is 30.0 Å². The molecule has 0 N–H and O–H groups in total. The quantitative estimate of drug-likeness (QED) is 0.139. The third kappa shape index (κ3) is 6.21. The van der Waals surface area contributed by atoms with Crippen molar-refractivity contribution in [2.45, 2.75) is 32.2 Å². The van der Waals surface area contributed by atoms with Crippen LogP contribution in [0.15, 0.2) is 140 Å². The first-order chi connectivity index (χ1) is 21.1. The monoisotopic (exact) mass is 578 g/mol. The van der Waals surface area contributed by atoms with Gasteiger partial charge in [-0.2, -0.15) is 0 Å². The van der Waals surface area contributed by atoms with Gasteiger partial charge in [-0.3, -0.25) is 4.90 Å². The molecule has 0 amide bonds. The lowest BCUT2D eigenvalue weighted by Crippen LogP contribution is -2.29. The van der Waals surface area contributed by atoms with Crippen molar-refractivity contribution in [2.75, 3.05) is 13.1 Å². The van der Waals surface area contributed by atoms with Crippen molar-refractivity contribution < 1.29 is 0 Å². The minimum Gasteiger partial charge on any atom is -0.298 e. The number of nitrogens with zero attached hydrogens (tertiary/aromatic N) is 2. The summed E-state index contributed by atoms with van der Waals surface area (Å²) < 4.78 is 0. The summed E-state index contributed by atoms with van der Waals surface area (Å²) in [7, 11) is -0.446. The Bertz CT molecular complexity index is 1560. The zero-order valence-corrected chi connectivity index (χ0v) is 26.0. The lowest BCUT2D eigenvalue weighted by molar-refractivity contribution is 0.262. The standard InChI is InChI=1S/C22H24N2.C18H15P/c1-4-22(18-10-16(2)11-19(12-18)23-3)20-14-24(15-21(20)22)13-17-8-6-5-7-9-17;1-4-10-16(11-5-1)19(17-12-6-2-7-13-17)18-14-8-3-9-15-18/h5-12,20-21H,4,13-15H2,1-2H3;1-15H/t20-,21+,22?;. The number of likely N-dealkylation sites (tertiary alicyclic amines) is 1. The fourth-order valence-corrected chi connectivity index (χ4v) is 9.52. The molecule has 0 bridgehead atoms. The molecular formula is C40H39N2P. The maximum absolute atomic E-state index is 7.35. The van der Waals surface area contributed by atoms with Crippen LogP contribution in [0.25, 0.3) is 4.85 Å². The van der Waals surface area contributed by atoms with Crippen LogP contribution in [-0.2, 0) is 12.0 Å². The average molecular weight is 579 g/mol. The first-order valence-corrected chi connectivity index (χ1v) is 16.7. The first kappa shape index (κ1) is 29.1. The van der Waals surface area contributed by atoms with Gasteiger partial charge < -0.3 is 0 Å². The molecule has 1 aliphatic heterocycles. The van der Waals surface area contributed by atoms with E-state index in [1.165, 1.54) is 52.1 Å². The summed E-state index contributed by atoms with van der Waals surface area (Å²) in [5, 5.41) is 4.19. The minimum atomic E-state index is -0.446. The SMILES string of the molecule is [C-]#[N+]c1cc(C)cc(C2(CC)[C@@H]3CN(Cc4ccccc4)C[C@@H]32)c1.c1ccc(P(c2ccccc2)c2ccccc2)cc1. The zero-order chi connectivity index (χ0) is 29.6. The van der Waals surface area contributed by atoms with Gasteiger partial charge in [0.15, 0.2) is 5.69 Å². The highest BCUT2D eigenvalue weighted by atomic mass is 31.1. The molecule has 5 aromatic rings. The summed E-state index contributed by atoms with van der Waals surface area (Å²) in [6.07, 6.45) is 1.18. The van der Waals surface area contributed by atoms with E-state index >= 15 is 0 Å². The van der Waals surface area contributed by atoms with E-state index in [1.54, 1.807) is 0 Å². The Balaban J connectivity index is 0.000000157. The highest BCUT2D eigenvalue weighted by Gasteiger charge is 2.67. The van der Waals surface area contributed by atoms with Gasteiger partial charge in [0.05, 0.1) is 6.57 Å². The van der Waals surface area contributed by atoms with Crippen molar-refractivity contribution in [3.63, 3.8) is 0 Å². The van der Waals surface area contributed by atoms with Crippen molar-refractivity contribution >= 4 is 29.5 Å². The average Bonchev–Trinajstić information content (AvgIpc) is 3.45. The smallest absolute Gasteiger partial charge is 0.187 e. The fraction of sp³-hybridized carbons (Fsp3) is 0.225. The molecule has 2 fully saturated rings. The molecule has 214 valence electrons. The second kappa shape index (κ2) is 13.1. The lowest BCUT2D eigenvalue weighted by atomic mass is 9.86. The molecule has 1 aliphatic carbocycles. The zero-order valence-electron chi connectivity index (χ0n) is 25.1. The molecule has 0 aromatic heterocycles. The van der Waals surface area contributed by atoms with Crippen LogP contribution in [0.2, 0.25) is 0 Å². The number of piperidine rings is 1. The highest BCUT2D eigenvalue weighted by Crippen LogP contribution is 2.65. The van der Waals surface area contributed by atoms with Gasteiger partial charge >= 0.3 is 0 Å². The highest BCUT2D eigenvalue weighted by molar-refractivity contribution is 7.79. The Morgan fingerprint density at radius 3 is 1.60 bits per heavy atom. The van der Waals surface area contributed by atoms with Crippen LogP contribution in [0.4, 0.5) is 5.69 Å². The van der Waals surface area contributed by atoms with Crippen LogP contribution in [-0.4, -0.2) is 18.0 Å².